The highest BCUT2D eigenvalue weighted by Crippen LogP contribution is 2.48. The summed E-state index contributed by atoms with van der Waals surface area (Å²) in [6.07, 6.45) is -2.03. The third-order valence-electron chi connectivity index (χ3n) is 9.42. The summed E-state index contributed by atoms with van der Waals surface area (Å²) in [6, 6.07) is 8.51. The van der Waals surface area contributed by atoms with E-state index in [1.807, 2.05) is 35.7 Å². The first-order valence-corrected chi connectivity index (χ1v) is 17.2. The molecule has 0 spiro atoms. The highest BCUT2D eigenvalue weighted by Gasteiger charge is 2.66. The smallest absolute Gasteiger partial charge is 0.408 e. The molecule has 3 amide bonds. The maximum atomic E-state index is 14.4. The van der Waals surface area contributed by atoms with E-state index in [4.69, 9.17) is 19.4 Å². The van der Waals surface area contributed by atoms with Crippen LogP contribution in [-0.4, -0.2) is 86.7 Å². The summed E-state index contributed by atoms with van der Waals surface area (Å²) in [5.74, 6) is -4.51. The average Bonchev–Trinajstić information content (AvgIpc) is 3.50. The fraction of sp³-hybridized carbons (Fsp3) is 0.529. The van der Waals surface area contributed by atoms with Gasteiger partial charge in [0.15, 0.2) is 0 Å². The predicted molar refractivity (Wildman–Crippen MR) is 175 cm³/mol. The van der Waals surface area contributed by atoms with E-state index in [0.29, 0.717) is 16.7 Å². The Morgan fingerprint density at radius 3 is 2.33 bits per heavy atom. The Bertz CT molecular complexity index is 1730. The number of aromatic nitrogens is 2. The molecule has 0 bridgehead atoms. The van der Waals surface area contributed by atoms with Crippen molar-refractivity contribution in [2.24, 2.45) is 11.3 Å². The minimum Gasteiger partial charge on any atom is -0.479 e. The second-order valence-corrected chi connectivity index (χ2v) is 14.9. The Morgan fingerprint density at radius 2 is 1.73 bits per heavy atom. The van der Waals surface area contributed by atoms with Crippen LogP contribution >= 0.6 is 11.3 Å². The molecule has 1 unspecified atom stereocenters. The zero-order valence-corrected chi connectivity index (χ0v) is 28.2. The maximum absolute atomic E-state index is 14.4. The normalized spacial score (nSPS) is 24.5. The number of hydrogen-bond donors (Lipinski definition) is 3. The van der Waals surface area contributed by atoms with Gasteiger partial charge >= 0.3 is 12.1 Å². The summed E-state index contributed by atoms with van der Waals surface area (Å²) in [5, 5.41) is 16.7. The third-order valence-corrected chi connectivity index (χ3v) is 10.3. The van der Waals surface area contributed by atoms with Crippen molar-refractivity contribution < 1.29 is 42.5 Å². The summed E-state index contributed by atoms with van der Waals surface area (Å²) in [5.41, 5.74) is -1.33. The van der Waals surface area contributed by atoms with Gasteiger partial charge in [-0.25, -0.2) is 28.3 Å². The Morgan fingerprint density at radius 1 is 1.04 bits per heavy atom. The molecule has 262 valence electrons. The molecule has 6 rings (SSSR count). The SMILES string of the molecule is CC(C)(C)[C@H](NC(=O)OC1CCCC1)C(=O)N1C[C@H](Oc2nc3ccccc3nc2-c2cccs2)CC1C(=O)N[C@]1(C(=O)O)C[C@H]1C(F)F. The standard InChI is InChI=1S/C34H39F2N5O7S/c1-33(2,3)26(39-32(46)48-18-9-4-5-10-18)30(43)41-17-19(15-23(41)28(42)40-34(31(44)45)16-20(34)27(35)36)47-29-25(24-13-8-14-49-24)37-21-11-6-7-12-22(21)38-29/h6-8,11-14,18-20,23,26-27H,4-5,9-10,15-17H2,1-3H3,(H,39,46)(H,40,42)(H,44,45)/t19-,20+,23?,26-,34-/m1/s1. The van der Waals surface area contributed by atoms with Crippen LogP contribution in [0.25, 0.3) is 21.6 Å². The maximum Gasteiger partial charge on any atom is 0.408 e. The van der Waals surface area contributed by atoms with Crippen LogP contribution in [0.1, 0.15) is 59.3 Å². The van der Waals surface area contributed by atoms with Crippen molar-refractivity contribution >= 4 is 46.2 Å². The Kier molecular flexibility index (Phi) is 9.48. The fourth-order valence-corrected chi connectivity index (χ4v) is 7.34. The van der Waals surface area contributed by atoms with Gasteiger partial charge < -0.3 is 30.1 Å². The van der Waals surface area contributed by atoms with Crippen LogP contribution in [0.15, 0.2) is 41.8 Å². The predicted octanol–water partition coefficient (Wildman–Crippen LogP) is 5.01. The summed E-state index contributed by atoms with van der Waals surface area (Å²) in [7, 11) is 0. The van der Waals surface area contributed by atoms with Crippen LogP contribution in [0.3, 0.4) is 0 Å². The molecule has 0 radical (unpaired) electrons. The lowest BCUT2D eigenvalue weighted by molar-refractivity contribution is -0.147. The molecule has 2 saturated carbocycles. The van der Waals surface area contributed by atoms with E-state index in [1.54, 1.807) is 26.8 Å². The molecule has 5 atom stereocenters. The lowest BCUT2D eigenvalue weighted by Gasteiger charge is -2.35. The van der Waals surface area contributed by atoms with Gasteiger partial charge in [0.25, 0.3) is 0 Å². The van der Waals surface area contributed by atoms with E-state index in [2.05, 4.69) is 10.6 Å². The quantitative estimate of drug-likeness (QED) is 0.264. The number of fused-ring (bicyclic) bond motifs is 1. The molecule has 1 aromatic carbocycles. The van der Waals surface area contributed by atoms with Gasteiger partial charge in [-0.1, -0.05) is 39.0 Å². The molecule has 3 N–H and O–H groups in total. The van der Waals surface area contributed by atoms with Gasteiger partial charge in [0.05, 0.1) is 28.4 Å². The largest absolute Gasteiger partial charge is 0.479 e. The number of halogens is 2. The topological polar surface area (TPSA) is 160 Å². The van der Waals surface area contributed by atoms with Crippen LogP contribution in [0, 0.1) is 11.3 Å². The lowest BCUT2D eigenvalue weighted by atomic mass is 9.85. The Labute approximate surface area is 285 Å². The van der Waals surface area contributed by atoms with Crippen molar-refractivity contribution in [2.45, 2.75) is 95.6 Å². The highest BCUT2D eigenvalue weighted by atomic mass is 32.1. The molecule has 1 aliphatic heterocycles. The van der Waals surface area contributed by atoms with Crippen molar-refractivity contribution in [1.82, 2.24) is 25.5 Å². The number of hydrogen-bond acceptors (Lipinski definition) is 9. The number of carbonyl (C=O) groups excluding carboxylic acids is 3. The van der Waals surface area contributed by atoms with Crippen LogP contribution in [0.5, 0.6) is 5.88 Å². The van der Waals surface area contributed by atoms with Gasteiger partial charge in [-0.2, -0.15) is 0 Å². The molecule has 3 aromatic rings. The van der Waals surface area contributed by atoms with Gasteiger partial charge in [-0.15, -0.1) is 11.3 Å². The van der Waals surface area contributed by atoms with Crippen LogP contribution < -0.4 is 15.4 Å². The first kappa shape index (κ1) is 34.5. The lowest BCUT2D eigenvalue weighted by Crippen LogP contribution is -2.59. The number of carboxylic acids is 1. The number of thiophene rings is 1. The van der Waals surface area contributed by atoms with E-state index in [0.717, 1.165) is 30.6 Å². The Hall–Kier alpha value is -4.40. The number of ether oxygens (including phenoxy) is 2. The molecular weight excluding hydrogens is 660 g/mol. The Balaban J connectivity index is 1.30. The van der Waals surface area contributed by atoms with Crippen molar-refractivity contribution in [1.29, 1.82) is 0 Å². The number of benzene rings is 1. The molecule has 2 aliphatic carbocycles. The number of nitrogens with zero attached hydrogens (tertiary/aromatic N) is 3. The molecule has 2 aromatic heterocycles. The van der Waals surface area contributed by atoms with E-state index in [-0.39, 0.29) is 24.9 Å². The van der Waals surface area contributed by atoms with E-state index in [1.165, 1.54) is 16.2 Å². The van der Waals surface area contributed by atoms with Crippen LogP contribution in [0.4, 0.5) is 13.6 Å². The highest BCUT2D eigenvalue weighted by molar-refractivity contribution is 7.13. The van der Waals surface area contributed by atoms with Crippen molar-refractivity contribution in [3.8, 4) is 16.5 Å². The number of likely N-dealkylation sites (tertiary alicyclic amines) is 1. The number of amides is 3. The first-order chi connectivity index (χ1) is 23.3. The van der Waals surface area contributed by atoms with Crippen LogP contribution in [-0.2, 0) is 19.1 Å². The fourth-order valence-electron chi connectivity index (χ4n) is 6.63. The van der Waals surface area contributed by atoms with Crippen molar-refractivity contribution in [3.63, 3.8) is 0 Å². The molecule has 3 aliphatic rings. The van der Waals surface area contributed by atoms with Crippen molar-refractivity contribution in [2.75, 3.05) is 6.54 Å². The van der Waals surface area contributed by atoms with Gasteiger partial charge in [-0.05, 0) is 61.1 Å². The van der Waals surface area contributed by atoms with E-state index < -0.39 is 71.8 Å². The molecule has 3 heterocycles. The van der Waals surface area contributed by atoms with Crippen molar-refractivity contribution in [3.05, 3.63) is 41.8 Å². The molecular formula is C34H39F2N5O7S. The third kappa shape index (κ3) is 7.17. The minimum atomic E-state index is -2.96. The first-order valence-electron chi connectivity index (χ1n) is 16.4. The summed E-state index contributed by atoms with van der Waals surface area (Å²) < 4.78 is 39.2. The number of nitrogens with one attached hydrogen (secondary N) is 2. The second-order valence-electron chi connectivity index (χ2n) is 14.0. The summed E-state index contributed by atoms with van der Waals surface area (Å²) in [6.45, 7) is 5.11. The van der Waals surface area contributed by atoms with Gasteiger partial charge in [0.2, 0.25) is 24.1 Å². The molecule has 3 fully saturated rings. The number of alkyl halides is 2. The van der Waals surface area contributed by atoms with Gasteiger partial charge in [-0.3, -0.25) is 9.59 Å². The van der Waals surface area contributed by atoms with Crippen LogP contribution in [0.2, 0.25) is 0 Å². The number of alkyl carbamates (subject to hydrolysis) is 1. The van der Waals surface area contributed by atoms with E-state index >= 15 is 0 Å². The second kappa shape index (κ2) is 13.5. The summed E-state index contributed by atoms with van der Waals surface area (Å²) >= 11 is 1.43. The molecule has 1 saturated heterocycles. The number of carbonyl (C=O) groups is 4. The zero-order valence-electron chi connectivity index (χ0n) is 27.4. The van der Waals surface area contributed by atoms with Gasteiger partial charge in [0, 0.05) is 6.42 Å². The summed E-state index contributed by atoms with van der Waals surface area (Å²) in [4.78, 5) is 64.7. The number of aliphatic carboxylic acids is 1. The zero-order chi connectivity index (χ0) is 35.1. The minimum absolute atomic E-state index is 0.103. The van der Waals surface area contributed by atoms with Gasteiger partial charge in [0.1, 0.15) is 35.5 Å². The molecule has 49 heavy (non-hydrogen) atoms. The molecule has 15 heteroatoms. The van der Waals surface area contributed by atoms with E-state index in [9.17, 15) is 33.1 Å². The number of rotatable bonds is 10. The number of para-hydroxylation sites is 2. The average molecular weight is 700 g/mol. The number of carboxylic acid groups (broad SMARTS) is 1. The molecule has 12 nitrogen and oxygen atoms in total. The monoisotopic (exact) mass is 699 g/mol.